The maximum Gasteiger partial charge on any atom is -0.00549 e. The van der Waals surface area contributed by atoms with Gasteiger partial charge in [-0.25, -0.2) is 0 Å². The molecule has 2 aromatic rings. The maximum absolute atomic E-state index is 2.52. The minimum atomic E-state index is 0.551. The molecule has 0 N–H and O–H groups in total. The van der Waals surface area contributed by atoms with Crippen LogP contribution >= 0.6 is 0 Å². The topological polar surface area (TPSA) is 0 Å². The fourth-order valence-electron chi connectivity index (χ4n) is 4.37. The summed E-state index contributed by atoms with van der Waals surface area (Å²) in [6.45, 7) is 16.2. The minimum absolute atomic E-state index is 0.551. The van der Waals surface area contributed by atoms with E-state index >= 15 is 0 Å². The van der Waals surface area contributed by atoms with Crippen LogP contribution in [0, 0.1) is 5.92 Å². The predicted octanol–water partition coefficient (Wildman–Crippen LogP) is 8.54. The van der Waals surface area contributed by atoms with Crippen molar-refractivity contribution in [2.75, 3.05) is 0 Å². The lowest BCUT2D eigenvalue weighted by molar-refractivity contribution is 0.647. The van der Waals surface area contributed by atoms with Gasteiger partial charge in [0.2, 0.25) is 0 Å². The van der Waals surface area contributed by atoms with Crippen molar-refractivity contribution in [3.8, 4) is 11.1 Å². The van der Waals surface area contributed by atoms with Crippen LogP contribution in [0.2, 0.25) is 0 Å². The van der Waals surface area contributed by atoms with E-state index in [0.29, 0.717) is 17.8 Å². The van der Waals surface area contributed by atoms with Crippen LogP contribution in [0.4, 0.5) is 0 Å². The van der Waals surface area contributed by atoms with E-state index in [-0.39, 0.29) is 0 Å². The van der Waals surface area contributed by atoms with Crippen molar-refractivity contribution in [3.05, 3.63) is 63.7 Å². The van der Waals surface area contributed by atoms with Crippen LogP contribution in [-0.2, 0) is 12.8 Å². The first-order valence-electron chi connectivity index (χ1n) is 11.4. The third-order valence-corrected chi connectivity index (χ3v) is 6.51. The highest BCUT2D eigenvalue weighted by Gasteiger charge is 2.22. The lowest BCUT2D eigenvalue weighted by atomic mass is 9.86. The molecule has 0 nitrogen and oxygen atoms in total. The molecule has 28 heavy (non-hydrogen) atoms. The number of fused-ring (bicyclic) bond motifs is 1. The van der Waals surface area contributed by atoms with E-state index in [9.17, 15) is 0 Å². The molecule has 1 aliphatic rings. The maximum atomic E-state index is 2.52. The van der Waals surface area contributed by atoms with Gasteiger partial charge in [0.25, 0.3) is 0 Å². The smallest absolute Gasteiger partial charge is 0.00549 e. The Bertz CT molecular complexity index is 838. The summed E-state index contributed by atoms with van der Waals surface area (Å²) in [5.41, 5.74) is 12.0. The molecule has 3 rings (SSSR count). The van der Waals surface area contributed by atoms with Gasteiger partial charge in [-0.15, -0.1) is 0 Å². The molecule has 1 aliphatic carbocycles. The van der Waals surface area contributed by atoms with Crippen molar-refractivity contribution in [2.45, 2.75) is 86.0 Å². The second kappa shape index (κ2) is 8.68. The zero-order valence-corrected chi connectivity index (χ0v) is 19.0. The van der Waals surface area contributed by atoms with Crippen molar-refractivity contribution >= 4 is 6.08 Å². The van der Waals surface area contributed by atoms with Gasteiger partial charge in [0.05, 0.1) is 0 Å². The fourth-order valence-corrected chi connectivity index (χ4v) is 4.37. The lowest BCUT2D eigenvalue weighted by Gasteiger charge is -2.19. The molecule has 0 radical (unpaired) electrons. The summed E-state index contributed by atoms with van der Waals surface area (Å²) < 4.78 is 0. The fraction of sp³-hybridized carbons (Fsp3) is 0.500. The highest BCUT2D eigenvalue weighted by molar-refractivity contribution is 5.84. The monoisotopic (exact) mass is 374 g/mol. The normalized spacial score (nSPS) is 14.5. The highest BCUT2D eigenvalue weighted by Crippen LogP contribution is 2.41. The molecule has 0 spiro atoms. The Morgan fingerprint density at radius 2 is 1.50 bits per heavy atom. The molecule has 1 unspecified atom stereocenters. The average Bonchev–Trinajstić information content (AvgIpc) is 3.11. The third kappa shape index (κ3) is 4.12. The van der Waals surface area contributed by atoms with Gasteiger partial charge in [0.15, 0.2) is 0 Å². The summed E-state index contributed by atoms with van der Waals surface area (Å²) in [7, 11) is 0. The zero-order chi connectivity index (χ0) is 20.4. The molecule has 1 atom stereocenters. The van der Waals surface area contributed by atoms with Gasteiger partial charge in [-0.3, -0.25) is 0 Å². The van der Waals surface area contributed by atoms with E-state index in [0.717, 1.165) is 12.8 Å². The predicted molar refractivity (Wildman–Crippen MR) is 125 cm³/mol. The Morgan fingerprint density at radius 1 is 0.857 bits per heavy atom. The van der Waals surface area contributed by atoms with E-state index < -0.39 is 0 Å². The van der Waals surface area contributed by atoms with Gasteiger partial charge in [0, 0.05) is 0 Å². The molecule has 0 heterocycles. The molecule has 0 fully saturated rings. The molecule has 0 amide bonds. The van der Waals surface area contributed by atoms with Crippen LogP contribution in [-0.4, -0.2) is 0 Å². The Morgan fingerprint density at radius 3 is 2.04 bits per heavy atom. The zero-order valence-electron chi connectivity index (χ0n) is 19.0. The number of hydrogen-bond donors (Lipinski definition) is 0. The standard InChI is InChI=1S/C28H38/c1-8-10-21-11-12-22-13-25(20(7)9-2)17-27(22)28(21)26-15-23(18(3)4)14-24(16-26)19(5)6/h11-12,14-20H,8-10,13H2,1-7H3. The minimum Gasteiger partial charge on any atom is -0.0651 e. The molecule has 0 bridgehead atoms. The molecule has 0 saturated heterocycles. The quantitative estimate of drug-likeness (QED) is 0.455. The molecular weight excluding hydrogens is 336 g/mol. The SMILES string of the molecule is CCCc1ccc2c(c1-c1cc(C(C)C)cc(C(C)C)c1)C=C(C(C)CC)C2. The Kier molecular flexibility index (Phi) is 6.48. The van der Waals surface area contributed by atoms with Gasteiger partial charge in [0.1, 0.15) is 0 Å². The molecule has 0 aliphatic heterocycles. The second-order valence-corrected chi connectivity index (χ2v) is 9.33. The summed E-state index contributed by atoms with van der Waals surface area (Å²) in [5, 5.41) is 0. The van der Waals surface area contributed by atoms with Crippen LogP contribution in [0.5, 0.6) is 0 Å². The van der Waals surface area contributed by atoms with Crippen LogP contribution in [0.25, 0.3) is 17.2 Å². The van der Waals surface area contributed by atoms with Gasteiger partial charge < -0.3 is 0 Å². The Balaban J connectivity index is 2.24. The summed E-state index contributed by atoms with van der Waals surface area (Å²) >= 11 is 0. The first-order chi connectivity index (χ1) is 13.3. The van der Waals surface area contributed by atoms with E-state index in [4.69, 9.17) is 0 Å². The second-order valence-electron chi connectivity index (χ2n) is 9.33. The van der Waals surface area contributed by atoms with Crippen molar-refractivity contribution < 1.29 is 0 Å². The van der Waals surface area contributed by atoms with Crippen LogP contribution in [0.3, 0.4) is 0 Å². The van der Waals surface area contributed by atoms with E-state index in [1.165, 1.54) is 51.8 Å². The van der Waals surface area contributed by atoms with E-state index in [2.05, 4.69) is 84.9 Å². The largest absolute Gasteiger partial charge is 0.0651 e. The van der Waals surface area contributed by atoms with Crippen LogP contribution < -0.4 is 0 Å². The van der Waals surface area contributed by atoms with Crippen molar-refractivity contribution in [3.63, 3.8) is 0 Å². The number of benzene rings is 2. The van der Waals surface area contributed by atoms with Gasteiger partial charge in [-0.2, -0.15) is 0 Å². The van der Waals surface area contributed by atoms with Crippen LogP contribution in [0.15, 0.2) is 35.9 Å². The number of rotatable bonds is 7. The van der Waals surface area contributed by atoms with Crippen molar-refractivity contribution in [2.24, 2.45) is 5.92 Å². The first-order valence-corrected chi connectivity index (χ1v) is 11.4. The van der Waals surface area contributed by atoms with E-state index in [1.807, 2.05) is 0 Å². The molecule has 150 valence electrons. The molecule has 0 saturated carbocycles. The molecular formula is C28H38. The molecule has 0 aromatic heterocycles. The lowest BCUT2D eigenvalue weighted by Crippen LogP contribution is -2.00. The van der Waals surface area contributed by atoms with Crippen LogP contribution in [0.1, 0.15) is 101 Å². The summed E-state index contributed by atoms with van der Waals surface area (Å²) in [4.78, 5) is 0. The Labute approximate surface area is 173 Å². The van der Waals surface area contributed by atoms with Gasteiger partial charge in [-0.05, 0) is 76.0 Å². The van der Waals surface area contributed by atoms with E-state index in [1.54, 1.807) is 5.57 Å². The van der Waals surface area contributed by atoms with Crippen molar-refractivity contribution in [1.29, 1.82) is 0 Å². The third-order valence-electron chi connectivity index (χ3n) is 6.51. The number of allylic oxidation sites excluding steroid dienone is 1. The number of hydrogen-bond acceptors (Lipinski definition) is 0. The average molecular weight is 375 g/mol. The first kappa shape index (κ1) is 20.9. The number of aryl methyl sites for hydroxylation is 1. The highest BCUT2D eigenvalue weighted by atomic mass is 14.3. The summed E-state index contributed by atoms with van der Waals surface area (Å²) in [5.74, 6) is 1.77. The van der Waals surface area contributed by atoms with Gasteiger partial charge >= 0.3 is 0 Å². The summed E-state index contributed by atoms with van der Waals surface area (Å²) in [6, 6.07) is 12.1. The van der Waals surface area contributed by atoms with Gasteiger partial charge in [-0.1, -0.05) is 96.9 Å². The summed E-state index contributed by atoms with van der Waals surface area (Å²) in [6.07, 6.45) is 7.21. The molecule has 0 heteroatoms. The Hall–Kier alpha value is -1.82. The molecule has 2 aromatic carbocycles. The van der Waals surface area contributed by atoms with Crippen molar-refractivity contribution in [1.82, 2.24) is 0 Å².